The van der Waals surface area contributed by atoms with Crippen LogP contribution < -0.4 is 5.32 Å². The van der Waals surface area contributed by atoms with Crippen LogP contribution >= 0.6 is 0 Å². The third-order valence-electron chi connectivity index (χ3n) is 3.78. The maximum atomic E-state index is 12.0. The van der Waals surface area contributed by atoms with E-state index in [1.54, 1.807) is 11.9 Å². The fourth-order valence-corrected chi connectivity index (χ4v) is 2.50. The molecule has 1 rings (SSSR count). The number of carboxylic acid groups (broad SMARTS) is 1. The number of nitrogens with one attached hydrogen (secondary N) is 1. The molecule has 110 valence electrons. The molecule has 2 amide bonds. The van der Waals surface area contributed by atoms with Crippen molar-refractivity contribution in [2.45, 2.75) is 44.8 Å². The minimum Gasteiger partial charge on any atom is -0.479 e. The van der Waals surface area contributed by atoms with Crippen LogP contribution in [-0.2, 0) is 9.53 Å². The van der Waals surface area contributed by atoms with Crippen LogP contribution in [0.4, 0.5) is 4.79 Å². The van der Waals surface area contributed by atoms with Gasteiger partial charge < -0.3 is 20.1 Å². The summed E-state index contributed by atoms with van der Waals surface area (Å²) in [5.74, 6) is -0.434. The summed E-state index contributed by atoms with van der Waals surface area (Å²) in [7, 11) is 3.08. The smallest absolute Gasteiger partial charge is 0.334 e. The molecular formula is C13H24N2O4. The lowest BCUT2D eigenvalue weighted by molar-refractivity contribution is -0.148. The van der Waals surface area contributed by atoms with Gasteiger partial charge >= 0.3 is 12.0 Å². The van der Waals surface area contributed by atoms with Crippen LogP contribution in [0.2, 0.25) is 0 Å². The Bertz CT molecular complexity index is 322. The molecule has 2 N–H and O–H groups in total. The summed E-state index contributed by atoms with van der Waals surface area (Å²) in [6.07, 6.45) is 3.38. The maximum Gasteiger partial charge on any atom is 0.334 e. The Morgan fingerprint density at radius 3 is 2.68 bits per heavy atom. The monoisotopic (exact) mass is 272 g/mol. The van der Waals surface area contributed by atoms with Crippen molar-refractivity contribution in [3.8, 4) is 0 Å². The van der Waals surface area contributed by atoms with E-state index in [2.05, 4.69) is 12.2 Å². The van der Waals surface area contributed by atoms with Crippen molar-refractivity contribution in [3.63, 3.8) is 0 Å². The van der Waals surface area contributed by atoms with Gasteiger partial charge in [0.25, 0.3) is 0 Å². The molecule has 0 aliphatic heterocycles. The quantitative estimate of drug-likeness (QED) is 0.791. The van der Waals surface area contributed by atoms with E-state index in [9.17, 15) is 9.59 Å². The molecule has 0 radical (unpaired) electrons. The summed E-state index contributed by atoms with van der Waals surface area (Å²) < 4.78 is 4.77. The average Bonchev–Trinajstić information content (AvgIpc) is 2.38. The molecule has 0 saturated heterocycles. The van der Waals surface area contributed by atoms with Gasteiger partial charge in [-0.25, -0.2) is 9.59 Å². The number of amides is 2. The first-order valence-corrected chi connectivity index (χ1v) is 6.72. The number of hydrogen-bond acceptors (Lipinski definition) is 3. The molecule has 1 aliphatic rings. The van der Waals surface area contributed by atoms with E-state index in [1.807, 2.05) is 0 Å². The molecule has 1 saturated carbocycles. The van der Waals surface area contributed by atoms with E-state index in [1.165, 1.54) is 13.5 Å². The third kappa shape index (κ3) is 4.70. The zero-order valence-corrected chi connectivity index (χ0v) is 11.9. The Hall–Kier alpha value is -1.30. The molecule has 0 aromatic rings. The average molecular weight is 272 g/mol. The van der Waals surface area contributed by atoms with Crippen LogP contribution in [0.3, 0.4) is 0 Å². The Kier molecular flexibility index (Phi) is 6.08. The SMILES string of the molecule is COC(CNC(=O)N(C)C1CCCC(C)C1)C(=O)O. The fraction of sp³-hybridized carbons (Fsp3) is 0.846. The lowest BCUT2D eigenvalue weighted by Crippen LogP contribution is -2.48. The maximum absolute atomic E-state index is 12.0. The van der Waals surface area contributed by atoms with Crippen LogP contribution in [0.1, 0.15) is 32.6 Å². The molecule has 1 aliphatic carbocycles. The van der Waals surface area contributed by atoms with Gasteiger partial charge in [0.05, 0.1) is 6.54 Å². The van der Waals surface area contributed by atoms with Crippen molar-refractivity contribution >= 4 is 12.0 Å². The number of ether oxygens (including phenoxy) is 1. The zero-order chi connectivity index (χ0) is 14.4. The molecule has 3 atom stereocenters. The normalized spacial score (nSPS) is 24.6. The first-order chi connectivity index (χ1) is 8.95. The van der Waals surface area contributed by atoms with E-state index < -0.39 is 12.1 Å². The van der Waals surface area contributed by atoms with Gasteiger partial charge in [-0.05, 0) is 18.8 Å². The van der Waals surface area contributed by atoms with Crippen molar-refractivity contribution in [2.24, 2.45) is 5.92 Å². The topological polar surface area (TPSA) is 78.9 Å². The number of nitrogens with zero attached hydrogens (tertiary/aromatic N) is 1. The van der Waals surface area contributed by atoms with Crippen molar-refractivity contribution in [2.75, 3.05) is 20.7 Å². The van der Waals surface area contributed by atoms with Crippen LogP contribution in [0.5, 0.6) is 0 Å². The Morgan fingerprint density at radius 2 is 2.16 bits per heavy atom. The van der Waals surface area contributed by atoms with E-state index in [0.717, 1.165) is 19.3 Å². The summed E-state index contributed by atoms with van der Waals surface area (Å²) in [5.41, 5.74) is 0. The number of aliphatic carboxylic acids is 1. The molecule has 0 spiro atoms. The van der Waals surface area contributed by atoms with Crippen LogP contribution in [0.15, 0.2) is 0 Å². The first-order valence-electron chi connectivity index (χ1n) is 6.72. The number of rotatable bonds is 5. The molecule has 0 bridgehead atoms. The highest BCUT2D eigenvalue weighted by molar-refractivity contribution is 5.77. The molecule has 0 heterocycles. The van der Waals surface area contributed by atoms with Gasteiger partial charge in [-0.1, -0.05) is 19.8 Å². The fourth-order valence-electron chi connectivity index (χ4n) is 2.50. The van der Waals surface area contributed by atoms with Gasteiger partial charge in [-0.15, -0.1) is 0 Å². The van der Waals surface area contributed by atoms with Gasteiger partial charge in [-0.2, -0.15) is 0 Å². The minimum atomic E-state index is -1.07. The van der Waals surface area contributed by atoms with E-state index in [0.29, 0.717) is 5.92 Å². The Morgan fingerprint density at radius 1 is 1.47 bits per heavy atom. The molecule has 1 fully saturated rings. The third-order valence-corrected chi connectivity index (χ3v) is 3.78. The summed E-state index contributed by atoms with van der Waals surface area (Å²) in [6, 6.07) is 0.0111. The summed E-state index contributed by atoms with van der Waals surface area (Å²) in [4.78, 5) is 24.4. The first kappa shape index (κ1) is 15.8. The molecule has 19 heavy (non-hydrogen) atoms. The number of hydrogen-bond donors (Lipinski definition) is 2. The van der Waals surface area contributed by atoms with Gasteiger partial charge in [-0.3, -0.25) is 0 Å². The minimum absolute atomic E-state index is 0.0166. The van der Waals surface area contributed by atoms with Crippen molar-refractivity contribution in [3.05, 3.63) is 0 Å². The van der Waals surface area contributed by atoms with E-state index >= 15 is 0 Å². The second kappa shape index (κ2) is 7.33. The standard InChI is InChI=1S/C13H24N2O4/c1-9-5-4-6-10(7-9)15(2)13(18)14-8-11(19-3)12(16)17/h9-11H,4-8H2,1-3H3,(H,14,18)(H,16,17). The molecule has 0 aromatic carbocycles. The van der Waals surface area contributed by atoms with Crippen molar-refractivity contribution < 1.29 is 19.4 Å². The predicted octanol–water partition coefficient (Wildman–Crippen LogP) is 1.31. The number of urea groups is 1. The molecular weight excluding hydrogens is 248 g/mol. The number of carbonyl (C=O) groups is 2. The van der Waals surface area contributed by atoms with Crippen LogP contribution in [0.25, 0.3) is 0 Å². The lowest BCUT2D eigenvalue weighted by atomic mass is 9.86. The Labute approximate surface area is 114 Å². The summed E-state index contributed by atoms with van der Waals surface area (Å²) in [6.45, 7) is 2.18. The second-order valence-electron chi connectivity index (χ2n) is 5.29. The molecule has 6 heteroatoms. The lowest BCUT2D eigenvalue weighted by Gasteiger charge is -2.34. The van der Waals surface area contributed by atoms with E-state index in [4.69, 9.17) is 9.84 Å². The van der Waals surface area contributed by atoms with Crippen LogP contribution in [-0.4, -0.2) is 54.9 Å². The van der Waals surface area contributed by atoms with Gasteiger partial charge in [0, 0.05) is 20.2 Å². The second-order valence-corrected chi connectivity index (χ2v) is 5.29. The van der Waals surface area contributed by atoms with Gasteiger partial charge in [0.1, 0.15) is 0 Å². The molecule has 3 unspecified atom stereocenters. The van der Waals surface area contributed by atoms with Gasteiger partial charge in [0.2, 0.25) is 0 Å². The van der Waals surface area contributed by atoms with Gasteiger partial charge in [0.15, 0.2) is 6.10 Å². The largest absolute Gasteiger partial charge is 0.479 e. The van der Waals surface area contributed by atoms with Crippen molar-refractivity contribution in [1.82, 2.24) is 10.2 Å². The van der Waals surface area contributed by atoms with Crippen LogP contribution in [0, 0.1) is 5.92 Å². The highest BCUT2D eigenvalue weighted by Crippen LogP contribution is 2.26. The highest BCUT2D eigenvalue weighted by Gasteiger charge is 2.26. The summed E-state index contributed by atoms with van der Waals surface area (Å²) >= 11 is 0. The highest BCUT2D eigenvalue weighted by atomic mass is 16.5. The summed E-state index contributed by atoms with van der Waals surface area (Å²) in [5, 5.41) is 11.4. The molecule has 6 nitrogen and oxygen atoms in total. The van der Waals surface area contributed by atoms with E-state index in [-0.39, 0.29) is 18.6 Å². The number of methoxy groups -OCH3 is 1. The number of carboxylic acids is 1. The predicted molar refractivity (Wildman–Crippen MR) is 71.0 cm³/mol. The Balaban J connectivity index is 2.41. The molecule has 0 aromatic heterocycles. The number of carbonyl (C=O) groups excluding carboxylic acids is 1. The van der Waals surface area contributed by atoms with Crippen molar-refractivity contribution in [1.29, 1.82) is 0 Å². The zero-order valence-electron chi connectivity index (χ0n) is 11.9.